The van der Waals surface area contributed by atoms with E-state index in [1.807, 2.05) is 32.0 Å². The van der Waals surface area contributed by atoms with E-state index in [1.165, 1.54) is 0 Å². The van der Waals surface area contributed by atoms with E-state index >= 15 is 0 Å². The van der Waals surface area contributed by atoms with E-state index in [2.05, 4.69) is 10.6 Å². The predicted octanol–water partition coefficient (Wildman–Crippen LogP) is 1.22. The van der Waals surface area contributed by atoms with Crippen LogP contribution in [0.15, 0.2) is 18.2 Å². The summed E-state index contributed by atoms with van der Waals surface area (Å²) in [6.45, 7) is 5.14. The molecule has 1 aliphatic rings. The van der Waals surface area contributed by atoms with Crippen molar-refractivity contribution < 1.29 is 19.0 Å². The van der Waals surface area contributed by atoms with Crippen LogP contribution in [0.3, 0.4) is 0 Å². The SMILES string of the molecule is COCCNC(=O)C(C)NC(C)c1ccc2c(c1)OCO2. The molecular weight excluding hydrogens is 272 g/mol. The summed E-state index contributed by atoms with van der Waals surface area (Å²) in [5.74, 6) is 1.47. The van der Waals surface area contributed by atoms with Crippen LogP contribution in [0.25, 0.3) is 0 Å². The smallest absolute Gasteiger partial charge is 0.236 e. The van der Waals surface area contributed by atoms with Crippen LogP contribution in [0, 0.1) is 0 Å². The minimum Gasteiger partial charge on any atom is -0.454 e. The summed E-state index contributed by atoms with van der Waals surface area (Å²) in [6.07, 6.45) is 0. The highest BCUT2D eigenvalue weighted by Crippen LogP contribution is 2.34. The van der Waals surface area contributed by atoms with Gasteiger partial charge in [-0.3, -0.25) is 10.1 Å². The summed E-state index contributed by atoms with van der Waals surface area (Å²) in [6, 6.07) is 5.54. The first-order valence-electron chi connectivity index (χ1n) is 7.04. The van der Waals surface area contributed by atoms with Crippen molar-refractivity contribution in [1.29, 1.82) is 0 Å². The Bertz CT molecular complexity index is 493. The molecule has 2 atom stereocenters. The van der Waals surface area contributed by atoms with Gasteiger partial charge in [-0.2, -0.15) is 0 Å². The van der Waals surface area contributed by atoms with Gasteiger partial charge < -0.3 is 19.5 Å². The molecule has 116 valence electrons. The number of hydrogen-bond acceptors (Lipinski definition) is 5. The maximum absolute atomic E-state index is 11.9. The number of rotatable bonds is 7. The second kappa shape index (κ2) is 7.28. The van der Waals surface area contributed by atoms with Gasteiger partial charge in [-0.1, -0.05) is 6.07 Å². The number of benzene rings is 1. The lowest BCUT2D eigenvalue weighted by Gasteiger charge is -2.20. The normalized spacial score (nSPS) is 15.6. The number of hydrogen-bond donors (Lipinski definition) is 2. The van der Waals surface area contributed by atoms with Crippen molar-refractivity contribution in [3.05, 3.63) is 23.8 Å². The fraction of sp³-hybridized carbons (Fsp3) is 0.533. The van der Waals surface area contributed by atoms with Crippen LogP contribution < -0.4 is 20.1 Å². The van der Waals surface area contributed by atoms with Crippen LogP contribution in [0.1, 0.15) is 25.5 Å². The van der Waals surface area contributed by atoms with Crippen molar-refractivity contribution in [3.8, 4) is 11.5 Å². The highest BCUT2D eigenvalue weighted by Gasteiger charge is 2.19. The van der Waals surface area contributed by atoms with Crippen molar-refractivity contribution in [2.24, 2.45) is 0 Å². The second-order valence-electron chi connectivity index (χ2n) is 5.01. The first-order valence-corrected chi connectivity index (χ1v) is 7.04. The Morgan fingerprint density at radius 1 is 1.33 bits per heavy atom. The van der Waals surface area contributed by atoms with Crippen LogP contribution in [0.5, 0.6) is 11.5 Å². The molecule has 0 radical (unpaired) electrons. The average Bonchev–Trinajstić information content (AvgIpc) is 2.94. The molecule has 0 saturated carbocycles. The van der Waals surface area contributed by atoms with E-state index in [-0.39, 0.29) is 24.8 Å². The molecule has 6 nitrogen and oxygen atoms in total. The van der Waals surface area contributed by atoms with Gasteiger partial charge in [0.2, 0.25) is 12.7 Å². The first kappa shape index (κ1) is 15.6. The number of ether oxygens (including phenoxy) is 3. The molecule has 21 heavy (non-hydrogen) atoms. The molecular formula is C15H22N2O4. The van der Waals surface area contributed by atoms with E-state index < -0.39 is 0 Å². The van der Waals surface area contributed by atoms with Crippen molar-refractivity contribution in [3.63, 3.8) is 0 Å². The van der Waals surface area contributed by atoms with E-state index in [4.69, 9.17) is 14.2 Å². The van der Waals surface area contributed by atoms with Gasteiger partial charge in [0, 0.05) is 19.7 Å². The van der Waals surface area contributed by atoms with Crippen molar-refractivity contribution in [2.75, 3.05) is 27.1 Å². The maximum atomic E-state index is 11.9. The molecule has 2 unspecified atom stereocenters. The number of amides is 1. The molecule has 0 fully saturated rings. The highest BCUT2D eigenvalue weighted by molar-refractivity contribution is 5.81. The second-order valence-corrected chi connectivity index (χ2v) is 5.01. The van der Waals surface area contributed by atoms with Crippen LogP contribution in [0.2, 0.25) is 0 Å². The highest BCUT2D eigenvalue weighted by atomic mass is 16.7. The molecule has 0 aliphatic carbocycles. The Morgan fingerprint density at radius 2 is 2.10 bits per heavy atom. The summed E-state index contributed by atoms with van der Waals surface area (Å²) in [4.78, 5) is 11.9. The number of fused-ring (bicyclic) bond motifs is 1. The Labute approximate surface area is 124 Å². The van der Waals surface area contributed by atoms with Gasteiger partial charge in [-0.15, -0.1) is 0 Å². The third kappa shape index (κ3) is 4.09. The lowest BCUT2D eigenvalue weighted by atomic mass is 10.1. The van der Waals surface area contributed by atoms with Crippen LogP contribution in [-0.4, -0.2) is 39.0 Å². The zero-order chi connectivity index (χ0) is 15.2. The van der Waals surface area contributed by atoms with Crippen molar-refractivity contribution in [1.82, 2.24) is 10.6 Å². The molecule has 0 aromatic heterocycles. The first-order chi connectivity index (χ1) is 10.1. The summed E-state index contributed by atoms with van der Waals surface area (Å²) < 4.78 is 15.6. The van der Waals surface area contributed by atoms with Gasteiger partial charge in [-0.25, -0.2) is 0 Å². The third-order valence-electron chi connectivity index (χ3n) is 3.40. The summed E-state index contributed by atoms with van der Waals surface area (Å²) in [7, 11) is 1.61. The largest absolute Gasteiger partial charge is 0.454 e. The number of methoxy groups -OCH3 is 1. The van der Waals surface area contributed by atoms with Gasteiger partial charge in [0.25, 0.3) is 0 Å². The van der Waals surface area contributed by atoms with Gasteiger partial charge in [0.1, 0.15) is 0 Å². The number of carbonyl (C=O) groups is 1. The molecule has 6 heteroatoms. The molecule has 0 spiro atoms. The lowest BCUT2D eigenvalue weighted by Crippen LogP contribution is -2.44. The maximum Gasteiger partial charge on any atom is 0.236 e. The monoisotopic (exact) mass is 294 g/mol. The minimum absolute atomic E-state index is 0.0303. The van der Waals surface area contributed by atoms with Crippen molar-refractivity contribution >= 4 is 5.91 Å². The van der Waals surface area contributed by atoms with Gasteiger partial charge >= 0.3 is 0 Å². The minimum atomic E-state index is -0.290. The zero-order valence-corrected chi connectivity index (χ0v) is 12.6. The fourth-order valence-electron chi connectivity index (χ4n) is 2.16. The summed E-state index contributed by atoms with van der Waals surface area (Å²) in [5.41, 5.74) is 1.05. The van der Waals surface area contributed by atoms with Gasteiger partial charge in [0.05, 0.1) is 12.6 Å². The molecule has 1 aliphatic heterocycles. The fourth-order valence-corrected chi connectivity index (χ4v) is 2.16. The molecule has 1 aromatic rings. The van der Waals surface area contributed by atoms with Crippen LogP contribution >= 0.6 is 0 Å². The standard InChI is InChI=1S/C15H22N2O4/c1-10(17-11(2)15(18)16-6-7-19-3)12-4-5-13-14(8-12)21-9-20-13/h4-5,8,10-11,17H,6-7,9H2,1-3H3,(H,16,18). The third-order valence-corrected chi connectivity index (χ3v) is 3.40. The van der Waals surface area contributed by atoms with Gasteiger partial charge in [-0.05, 0) is 31.5 Å². The molecule has 0 saturated heterocycles. The van der Waals surface area contributed by atoms with E-state index in [0.29, 0.717) is 13.2 Å². The Hall–Kier alpha value is -1.79. The lowest BCUT2D eigenvalue weighted by molar-refractivity contribution is -0.123. The van der Waals surface area contributed by atoms with E-state index in [0.717, 1.165) is 17.1 Å². The Balaban J connectivity index is 1.88. The zero-order valence-electron chi connectivity index (χ0n) is 12.6. The molecule has 1 heterocycles. The number of nitrogens with one attached hydrogen (secondary N) is 2. The van der Waals surface area contributed by atoms with Crippen molar-refractivity contribution in [2.45, 2.75) is 25.9 Å². The number of carbonyl (C=O) groups excluding carboxylic acids is 1. The Kier molecular flexibility index (Phi) is 5.41. The van der Waals surface area contributed by atoms with Crippen LogP contribution in [0.4, 0.5) is 0 Å². The van der Waals surface area contributed by atoms with E-state index in [1.54, 1.807) is 7.11 Å². The van der Waals surface area contributed by atoms with Gasteiger partial charge in [0.15, 0.2) is 11.5 Å². The molecule has 0 bridgehead atoms. The topological polar surface area (TPSA) is 68.8 Å². The molecule has 2 rings (SSSR count). The molecule has 2 N–H and O–H groups in total. The van der Waals surface area contributed by atoms with Crippen LogP contribution in [-0.2, 0) is 9.53 Å². The summed E-state index contributed by atoms with van der Waals surface area (Å²) >= 11 is 0. The predicted molar refractivity (Wildman–Crippen MR) is 78.5 cm³/mol. The Morgan fingerprint density at radius 3 is 2.86 bits per heavy atom. The molecule has 1 amide bonds. The quantitative estimate of drug-likeness (QED) is 0.740. The average molecular weight is 294 g/mol. The van der Waals surface area contributed by atoms with E-state index in [9.17, 15) is 4.79 Å². The molecule has 1 aromatic carbocycles. The summed E-state index contributed by atoms with van der Waals surface area (Å²) in [5, 5.41) is 6.08.